The maximum atomic E-state index is 2.34. The normalized spacial score (nSPS) is 12.3. The van der Waals surface area contributed by atoms with Crippen LogP contribution in [0.25, 0.3) is 0 Å². The maximum absolute atomic E-state index is 2.34. The van der Waals surface area contributed by atoms with Gasteiger partial charge in [-0.25, -0.2) is 0 Å². The summed E-state index contributed by atoms with van der Waals surface area (Å²) >= 11 is 0. The zero-order valence-electron chi connectivity index (χ0n) is 37.7. The molecule has 0 radical (unpaired) electrons. The van der Waals surface area contributed by atoms with Gasteiger partial charge in [0.25, 0.3) is 0 Å². The minimum absolute atomic E-state index is 1.17. The Kier molecular flexibility index (Phi) is 46.2. The molecule has 0 aromatic carbocycles. The molecule has 52 heavy (non-hydrogen) atoms. The molecule has 0 nitrogen and oxygen atoms in total. The topological polar surface area (TPSA) is 0 Å². The molecule has 0 saturated carbocycles. The van der Waals surface area contributed by atoms with Crippen molar-refractivity contribution in [1.29, 1.82) is 0 Å². The van der Waals surface area contributed by atoms with Gasteiger partial charge in [0.05, 0.1) is 0 Å². The quantitative estimate of drug-likeness (QED) is 0.0429. The van der Waals surface area contributed by atoms with Gasteiger partial charge in [-0.3, -0.25) is 0 Å². The third-order valence-electron chi connectivity index (χ3n) is 13.0. The summed E-state index contributed by atoms with van der Waals surface area (Å²) in [4.78, 5) is 0. The first-order valence-corrected chi connectivity index (χ1v) is 28.6. The molecule has 316 valence electrons. The van der Waals surface area contributed by atoms with E-state index in [4.69, 9.17) is 0 Å². The van der Waals surface area contributed by atoms with Gasteiger partial charge in [-0.1, -0.05) is 19.8 Å². The molecule has 0 aliphatic heterocycles. The van der Waals surface area contributed by atoms with Gasteiger partial charge in [-0.2, -0.15) is 0 Å². The van der Waals surface area contributed by atoms with Crippen LogP contribution in [0.4, 0.5) is 0 Å². The Hall–Kier alpha value is 0.430. The number of hydrogen-bond acceptors (Lipinski definition) is 0. The second-order valence-electron chi connectivity index (χ2n) is 18.3. The monoisotopic (exact) mass is 751 g/mol. The zero-order chi connectivity index (χ0) is 37.7. The van der Waals surface area contributed by atoms with E-state index >= 15 is 0 Å². The fourth-order valence-corrected chi connectivity index (χ4v) is 14.7. The van der Waals surface area contributed by atoms with Crippen LogP contribution in [-0.2, 0) is 0 Å². The Morgan fingerprint density at radius 2 is 0.269 bits per heavy atom. The molecule has 0 fully saturated rings. The Morgan fingerprint density at radius 3 is 0.404 bits per heavy atom. The van der Waals surface area contributed by atoms with Crippen molar-refractivity contribution in [2.75, 3.05) is 24.6 Å². The van der Waals surface area contributed by atoms with E-state index in [0.29, 0.717) is 0 Å². The van der Waals surface area contributed by atoms with E-state index in [1.54, 1.807) is 76.0 Å². The van der Waals surface area contributed by atoms with Crippen LogP contribution in [0.3, 0.4) is 0 Å². The molecule has 0 bridgehead atoms. The summed E-state index contributed by atoms with van der Waals surface area (Å²) in [5.74, 6) is 0. The van der Waals surface area contributed by atoms with E-state index in [9.17, 15) is 0 Å². The average molecular weight is 751 g/mol. The van der Waals surface area contributed by atoms with Gasteiger partial charge in [0.2, 0.25) is 0 Å². The molecule has 0 rings (SSSR count). The van der Waals surface area contributed by atoms with E-state index in [1.165, 1.54) is 225 Å². The third kappa shape index (κ3) is 40.1. The number of rotatable bonds is 47. The van der Waals surface area contributed by atoms with Gasteiger partial charge < -0.3 is 0 Å². The van der Waals surface area contributed by atoms with E-state index in [1.807, 2.05) is 0 Å². The van der Waals surface area contributed by atoms with Gasteiger partial charge in [0.15, 0.2) is 0 Å². The Balaban J connectivity index is 4.86. The standard InChI is InChI=1S/C51H107P/c1-5-9-13-17-21-25-29-30-31-35-39-43-47-51-52(48-44-40-36-32-26-22-18-14-10-6-2,49-45-41-37-33-27-23-19-15-11-7-3)50-46-42-38-34-28-24-20-16-12-8-4/h52H,5-51H2,1-4H3. The summed E-state index contributed by atoms with van der Waals surface area (Å²) in [5.41, 5.74) is 0. The van der Waals surface area contributed by atoms with Crippen molar-refractivity contribution in [2.45, 2.75) is 304 Å². The van der Waals surface area contributed by atoms with Crippen LogP contribution in [0.5, 0.6) is 0 Å². The molecule has 0 aliphatic carbocycles. The summed E-state index contributed by atoms with van der Waals surface area (Å²) < 4.78 is 0. The molecular formula is C51H107P. The summed E-state index contributed by atoms with van der Waals surface area (Å²) in [7, 11) is -1.17. The SMILES string of the molecule is CCCCCCCCCCCCCCC[PH](CCCCCCCCCCCC)(CCCCCCCCCCCC)CCCCCCCCCCCC. The van der Waals surface area contributed by atoms with Crippen LogP contribution in [0, 0.1) is 0 Å². The first-order chi connectivity index (χ1) is 25.7. The fourth-order valence-electron chi connectivity index (χ4n) is 9.23. The van der Waals surface area contributed by atoms with Crippen LogP contribution >= 0.6 is 7.26 Å². The molecule has 0 aromatic heterocycles. The zero-order valence-corrected chi connectivity index (χ0v) is 38.7. The molecule has 0 aliphatic rings. The molecular weight excluding hydrogens is 644 g/mol. The molecule has 0 amide bonds. The first kappa shape index (κ1) is 52.4. The summed E-state index contributed by atoms with van der Waals surface area (Å²) in [6.45, 7) is 9.36. The van der Waals surface area contributed by atoms with Crippen LogP contribution in [-0.4, -0.2) is 24.6 Å². The molecule has 0 spiro atoms. The Bertz CT molecular complexity index is 552. The van der Waals surface area contributed by atoms with E-state index in [2.05, 4.69) is 27.7 Å². The summed E-state index contributed by atoms with van der Waals surface area (Å²) in [5, 5.41) is 0. The van der Waals surface area contributed by atoms with Gasteiger partial charge in [-0.05, 0) is 0 Å². The van der Waals surface area contributed by atoms with E-state index < -0.39 is 7.26 Å². The van der Waals surface area contributed by atoms with Crippen molar-refractivity contribution in [2.24, 2.45) is 0 Å². The van der Waals surface area contributed by atoms with Crippen molar-refractivity contribution < 1.29 is 0 Å². The third-order valence-corrected chi connectivity index (χ3v) is 18.6. The van der Waals surface area contributed by atoms with E-state index in [-0.39, 0.29) is 0 Å². The van der Waals surface area contributed by atoms with Crippen LogP contribution in [0.2, 0.25) is 0 Å². The minimum atomic E-state index is -1.17. The van der Waals surface area contributed by atoms with Crippen LogP contribution < -0.4 is 0 Å². The van der Waals surface area contributed by atoms with Crippen molar-refractivity contribution in [3.63, 3.8) is 0 Å². The van der Waals surface area contributed by atoms with Gasteiger partial charge in [0.1, 0.15) is 0 Å². The molecule has 0 aromatic rings. The molecule has 1 heteroatoms. The van der Waals surface area contributed by atoms with Gasteiger partial charge in [0, 0.05) is 0 Å². The average Bonchev–Trinajstić information content (AvgIpc) is 3.15. The predicted octanol–water partition coefficient (Wildman–Crippen LogP) is 19.6. The fraction of sp³-hybridized carbons (Fsp3) is 1.00. The first-order valence-electron chi connectivity index (χ1n) is 25.7. The number of hydrogen-bond donors (Lipinski definition) is 0. The summed E-state index contributed by atoms with van der Waals surface area (Å²) in [6.07, 6.45) is 71.0. The molecule has 0 atom stereocenters. The number of unbranched alkanes of at least 4 members (excludes halogenated alkanes) is 39. The molecule has 0 N–H and O–H groups in total. The van der Waals surface area contributed by atoms with E-state index in [0.717, 1.165) is 0 Å². The Labute approximate surface area is 334 Å². The van der Waals surface area contributed by atoms with Crippen molar-refractivity contribution >= 4 is 7.26 Å². The Morgan fingerprint density at radius 1 is 0.154 bits per heavy atom. The van der Waals surface area contributed by atoms with Gasteiger partial charge in [-0.15, -0.1) is 0 Å². The predicted molar refractivity (Wildman–Crippen MR) is 249 cm³/mol. The van der Waals surface area contributed by atoms with Crippen LogP contribution in [0.15, 0.2) is 0 Å². The second kappa shape index (κ2) is 45.8. The molecule has 0 heterocycles. The van der Waals surface area contributed by atoms with Crippen molar-refractivity contribution in [1.82, 2.24) is 0 Å². The van der Waals surface area contributed by atoms with Crippen molar-refractivity contribution in [3.8, 4) is 0 Å². The van der Waals surface area contributed by atoms with Crippen LogP contribution in [0.1, 0.15) is 304 Å². The van der Waals surface area contributed by atoms with Gasteiger partial charge >= 0.3 is 316 Å². The molecule has 0 unspecified atom stereocenters. The van der Waals surface area contributed by atoms with Crippen molar-refractivity contribution in [3.05, 3.63) is 0 Å². The summed E-state index contributed by atoms with van der Waals surface area (Å²) in [6, 6.07) is 0. The molecule has 0 saturated heterocycles. The second-order valence-corrected chi connectivity index (χ2v) is 23.3.